The van der Waals surface area contributed by atoms with Crippen LogP contribution in [0.15, 0.2) is 24.3 Å². The molecule has 4 nitrogen and oxygen atoms in total. The average Bonchev–Trinajstić information content (AvgIpc) is 2.29. The molecule has 0 aromatic heterocycles. The Bertz CT molecular complexity index is 371. The summed E-state index contributed by atoms with van der Waals surface area (Å²) in [5.74, 6) is 0. The lowest BCUT2D eigenvalue weighted by molar-refractivity contribution is 0.116. The Morgan fingerprint density at radius 2 is 2.24 bits per heavy atom. The first-order valence-corrected chi connectivity index (χ1v) is 5.79. The predicted molar refractivity (Wildman–Crippen MR) is 66.2 cm³/mol. The summed E-state index contributed by atoms with van der Waals surface area (Å²) >= 11 is 6.01. The highest BCUT2D eigenvalue weighted by Gasteiger charge is 2.10. The van der Waals surface area contributed by atoms with E-state index < -0.39 is 6.09 Å². The van der Waals surface area contributed by atoms with Crippen LogP contribution >= 0.6 is 11.6 Å². The van der Waals surface area contributed by atoms with Gasteiger partial charge in [0.15, 0.2) is 0 Å². The van der Waals surface area contributed by atoms with Crippen LogP contribution in [0.1, 0.15) is 12.5 Å². The predicted octanol–water partition coefficient (Wildman–Crippen LogP) is 1.99. The maximum Gasteiger partial charge on any atom is 0.407 e. The minimum Gasteiger partial charge on any atom is -0.447 e. The van der Waals surface area contributed by atoms with E-state index in [1.807, 2.05) is 31.2 Å². The molecule has 1 unspecified atom stereocenters. The molecule has 2 N–H and O–H groups in total. The van der Waals surface area contributed by atoms with Crippen molar-refractivity contribution in [2.24, 2.45) is 0 Å². The SMILES string of the molecule is CC(Cc1ccccc1Cl)NC(=O)OCCO. The topological polar surface area (TPSA) is 58.6 Å². The van der Waals surface area contributed by atoms with Crippen LogP contribution in [-0.4, -0.2) is 30.5 Å². The summed E-state index contributed by atoms with van der Waals surface area (Å²) in [6, 6.07) is 7.41. The van der Waals surface area contributed by atoms with Gasteiger partial charge in [0.2, 0.25) is 0 Å². The average molecular weight is 258 g/mol. The molecule has 0 radical (unpaired) electrons. The molecule has 0 saturated carbocycles. The second kappa shape index (κ2) is 7.14. The number of benzene rings is 1. The molecule has 0 bridgehead atoms. The van der Waals surface area contributed by atoms with Gasteiger partial charge in [0, 0.05) is 11.1 Å². The summed E-state index contributed by atoms with van der Waals surface area (Å²) in [4.78, 5) is 11.2. The van der Waals surface area contributed by atoms with E-state index in [0.717, 1.165) is 5.56 Å². The zero-order chi connectivity index (χ0) is 12.7. The van der Waals surface area contributed by atoms with Crippen molar-refractivity contribution in [3.05, 3.63) is 34.9 Å². The largest absolute Gasteiger partial charge is 0.447 e. The van der Waals surface area contributed by atoms with Gasteiger partial charge in [-0.15, -0.1) is 0 Å². The van der Waals surface area contributed by atoms with Gasteiger partial charge in [0.05, 0.1) is 6.61 Å². The van der Waals surface area contributed by atoms with Crippen molar-refractivity contribution in [1.82, 2.24) is 5.32 Å². The van der Waals surface area contributed by atoms with Crippen molar-refractivity contribution in [2.45, 2.75) is 19.4 Å². The van der Waals surface area contributed by atoms with Gasteiger partial charge < -0.3 is 15.2 Å². The molecule has 0 aliphatic rings. The van der Waals surface area contributed by atoms with Crippen molar-refractivity contribution in [3.63, 3.8) is 0 Å². The molecular formula is C12H16ClNO3. The fraction of sp³-hybridized carbons (Fsp3) is 0.417. The zero-order valence-corrected chi connectivity index (χ0v) is 10.4. The number of carbonyl (C=O) groups is 1. The van der Waals surface area contributed by atoms with Gasteiger partial charge in [-0.1, -0.05) is 29.8 Å². The first kappa shape index (κ1) is 13.8. The number of hydrogen-bond donors (Lipinski definition) is 2. The molecule has 1 aromatic carbocycles. The highest BCUT2D eigenvalue weighted by molar-refractivity contribution is 6.31. The number of hydrogen-bond acceptors (Lipinski definition) is 3. The van der Waals surface area contributed by atoms with Crippen molar-refractivity contribution in [3.8, 4) is 0 Å². The van der Waals surface area contributed by atoms with Crippen LogP contribution in [0.4, 0.5) is 4.79 Å². The molecule has 1 rings (SSSR count). The van der Waals surface area contributed by atoms with Crippen molar-refractivity contribution in [1.29, 1.82) is 0 Å². The number of amides is 1. The molecule has 1 atom stereocenters. The summed E-state index contributed by atoms with van der Waals surface area (Å²) in [7, 11) is 0. The third-order valence-electron chi connectivity index (χ3n) is 2.17. The van der Waals surface area contributed by atoms with Crippen LogP contribution in [0.5, 0.6) is 0 Å². The number of alkyl carbamates (subject to hydrolysis) is 1. The number of aliphatic hydroxyl groups is 1. The molecule has 17 heavy (non-hydrogen) atoms. The highest BCUT2D eigenvalue weighted by Crippen LogP contribution is 2.16. The minimum atomic E-state index is -0.529. The molecule has 0 fully saturated rings. The van der Waals surface area contributed by atoms with E-state index >= 15 is 0 Å². The normalized spacial score (nSPS) is 11.9. The Kier molecular flexibility index (Phi) is 5.80. The second-order valence-electron chi connectivity index (χ2n) is 3.70. The minimum absolute atomic E-state index is 0.00461. The van der Waals surface area contributed by atoms with Gasteiger partial charge in [0.1, 0.15) is 6.61 Å². The molecule has 0 aliphatic heterocycles. The number of rotatable bonds is 5. The molecule has 1 aromatic rings. The van der Waals surface area contributed by atoms with Crippen molar-refractivity contribution < 1.29 is 14.6 Å². The van der Waals surface area contributed by atoms with E-state index in [1.165, 1.54) is 0 Å². The van der Waals surface area contributed by atoms with E-state index in [0.29, 0.717) is 11.4 Å². The summed E-state index contributed by atoms with van der Waals surface area (Å²) in [6.45, 7) is 1.69. The lowest BCUT2D eigenvalue weighted by atomic mass is 10.1. The van der Waals surface area contributed by atoms with Crippen molar-refractivity contribution in [2.75, 3.05) is 13.2 Å². The molecule has 94 valence electrons. The quantitative estimate of drug-likeness (QED) is 0.848. The van der Waals surface area contributed by atoms with Crippen LogP contribution in [0.3, 0.4) is 0 Å². The van der Waals surface area contributed by atoms with Gasteiger partial charge in [-0.2, -0.15) is 0 Å². The van der Waals surface area contributed by atoms with Gasteiger partial charge in [-0.25, -0.2) is 4.79 Å². The molecule has 1 amide bonds. The number of nitrogens with one attached hydrogen (secondary N) is 1. The summed E-state index contributed by atoms with van der Waals surface area (Å²) in [5.41, 5.74) is 0.976. The number of aliphatic hydroxyl groups excluding tert-OH is 1. The fourth-order valence-corrected chi connectivity index (χ4v) is 1.64. The summed E-state index contributed by atoms with van der Waals surface area (Å²) in [6.07, 6.45) is 0.104. The lowest BCUT2D eigenvalue weighted by Crippen LogP contribution is -2.35. The highest BCUT2D eigenvalue weighted by atomic mass is 35.5. The second-order valence-corrected chi connectivity index (χ2v) is 4.11. The number of ether oxygens (including phenoxy) is 1. The molecule has 0 saturated heterocycles. The summed E-state index contributed by atoms with van der Waals surface area (Å²) < 4.78 is 4.70. The van der Waals surface area contributed by atoms with Crippen LogP contribution < -0.4 is 5.32 Å². The van der Waals surface area contributed by atoms with Gasteiger partial charge >= 0.3 is 6.09 Å². The Morgan fingerprint density at radius 1 is 1.53 bits per heavy atom. The first-order chi connectivity index (χ1) is 8.13. The Labute approximate surface area is 106 Å². The van der Waals surface area contributed by atoms with Crippen LogP contribution in [0.2, 0.25) is 5.02 Å². The fourth-order valence-electron chi connectivity index (χ4n) is 1.43. The number of carbonyl (C=O) groups excluding carboxylic acids is 1. The van der Waals surface area contributed by atoms with E-state index in [1.54, 1.807) is 0 Å². The monoisotopic (exact) mass is 257 g/mol. The molecule has 5 heteroatoms. The Hall–Kier alpha value is -1.26. The standard InChI is InChI=1S/C12H16ClNO3/c1-9(14-12(16)17-7-6-15)8-10-4-2-3-5-11(10)13/h2-5,9,15H,6-8H2,1H3,(H,14,16). The third kappa shape index (κ3) is 5.06. The molecular weight excluding hydrogens is 242 g/mol. The van der Waals surface area contributed by atoms with Gasteiger partial charge in [-0.3, -0.25) is 0 Å². The maximum atomic E-state index is 11.2. The third-order valence-corrected chi connectivity index (χ3v) is 2.54. The van der Waals surface area contributed by atoms with Crippen LogP contribution in [-0.2, 0) is 11.2 Å². The maximum absolute atomic E-state index is 11.2. The first-order valence-electron chi connectivity index (χ1n) is 5.41. The Morgan fingerprint density at radius 3 is 2.88 bits per heavy atom. The lowest BCUT2D eigenvalue weighted by Gasteiger charge is -2.14. The molecule has 0 spiro atoms. The van der Waals surface area contributed by atoms with E-state index in [-0.39, 0.29) is 19.3 Å². The summed E-state index contributed by atoms with van der Waals surface area (Å²) in [5, 5.41) is 11.8. The number of halogens is 1. The van der Waals surface area contributed by atoms with E-state index in [9.17, 15) is 4.79 Å². The van der Waals surface area contributed by atoms with E-state index in [4.69, 9.17) is 21.4 Å². The molecule has 0 aliphatic carbocycles. The zero-order valence-electron chi connectivity index (χ0n) is 9.65. The van der Waals surface area contributed by atoms with Crippen LogP contribution in [0, 0.1) is 0 Å². The smallest absolute Gasteiger partial charge is 0.407 e. The van der Waals surface area contributed by atoms with Gasteiger partial charge in [0.25, 0.3) is 0 Å². The Balaban J connectivity index is 2.42. The van der Waals surface area contributed by atoms with Crippen molar-refractivity contribution >= 4 is 17.7 Å². The van der Waals surface area contributed by atoms with E-state index in [2.05, 4.69) is 5.32 Å². The molecule has 0 heterocycles. The van der Waals surface area contributed by atoms with Crippen LogP contribution in [0.25, 0.3) is 0 Å². The van der Waals surface area contributed by atoms with Gasteiger partial charge in [-0.05, 0) is 25.0 Å².